The number of thiazole rings is 1. The van der Waals surface area contributed by atoms with Crippen molar-refractivity contribution in [1.29, 1.82) is 0 Å². The molecule has 5 nitrogen and oxygen atoms in total. The molecule has 1 aromatic heterocycles. The summed E-state index contributed by atoms with van der Waals surface area (Å²) in [6, 6.07) is 6.21. The van der Waals surface area contributed by atoms with Gasteiger partial charge in [-0.1, -0.05) is 12.1 Å². The van der Waals surface area contributed by atoms with Crippen molar-refractivity contribution in [2.75, 3.05) is 26.7 Å². The van der Waals surface area contributed by atoms with Crippen molar-refractivity contribution < 1.29 is 22.3 Å². The van der Waals surface area contributed by atoms with Gasteiger partial charge in [0.15, 0.2) is 11.7 Å². The number of alkyl halides is 3. The number of nitrogens with one attached hydrogen (secondary N) is 1. The molecular formula is C19H23F4IN4OS. The molecule has 1 saturated heterocycles. The van der Waals surface area contributed by atoms with E-state index in [9.17, 15) is 17.6 Å². The van der Waals surface area contributed by atoms with Crippen LogP contribution in [0.2, 0.25) is 0 Å². The summed E-state index contributed by atoms with van der Waals surface area (Å²) in [5.74, 6) is 0.336. The number of nitrogens with zero attached hydrogens (tertiary/aromatic N) is 3. The van der Waals surface area contributed by atoms with Crippen LogP contribution in [0.5, 0.6) is 0 Å². The minimum Gasteiger partial charge on any atom is -0.367 e. The van der Waals surface area contributed by atoms with Crippen LogP contribution in [-0.2, 0) is 17.3 Å². The van der Waals surface area contributed by atoms with Crippen LogP contribution in [0.25, 0.3) is 0 Å². The molecule has 1 N–H and O–H groups in total. The van der Waals surface area contributed by atoms with Gasteiger partial charge in [-0.25, -0.2) is 9.37 Å². The second kappa shape index (κ2) is 10.7. The molecule has 0 amide bonds. The van der Waals surface area contributed by atoms with E-state index in [1.54, 1.807) is 19.2 Å². The molecular weight excluding hydrogens is 535 g/mol. The first-order valence-corrected chi connectivity index (χ1v) is 10.0. The molecule has 2 heterocycles. The van der Waals surface area contributed by atoms with Crippen LogP contribution in [0, 0.1) is 5.82 Å². The van der Waals surface area contributed by atoms with E-state index >= 15 is 0 Å². The van der Waals surface area contributed by atoms with Crippen molar-refractivity contribution in [1.82, 2.24) is 15.2 Å². The Morgan fingerprint density at radius 1 is 1.30 bits per heavy atom. The van der Waals surface area contributed by atoms with Crippen molar-refractivity contribution >= 4 is 41.3 Å². The molecule has 2 unspecified atom stereocenters. The molecule has 2 atom stereocenters. The summed E-state index contributed by atoms with van der Waals surface area (Å²) in [5.41, 5.74) is 0.0203. The summed E-state index contributed by atoms with van der Waals surface area (Å²) in [7, 11) is 1.65. The molecule has 1 aromatic carbocycles. The first-order chi connectivity index (χ1) is 13.8. The molecule has 0 aliphatic carbocycles. The number of hydrogen-bond donors (Lipinski definition) is 1. The van der Waals surface area contributed by atoms with Crippen LogP contribution in [-0.4, -0.2) is 48.6 Å². The number of guanidine groups is 1. The molecule has 1 fully saturated rings. The predicted octanol–water partition coefficient (Wildman–Crippen LogP) is 4.50. The Morgan fingerprint density at radius 3 is 2.60 bits per heavy atom. The third-order valence-corrected chi connectivity index (χ3v) is 5.39. The second-order valence-corrected chi connectivity index (χ2v) is 7.68. The maximum absolute atomic E-state index is 13.2. The molecule has 30 heavy (non-hydrogen) atoms. The Bertz CT molecular complexity index is 844. The van der Waals surface area contributed by atoms with Gasteiger partial charge in [0.05, 0.1) is 17.7 Å². The second-order valence-electron chi connectivity index (χ2n) is 6.74. The van der Waals surface area contributed by atoms with Crippen molar-refractivity contribution in [3.63, 3.8) is 0 Å². The third-order valence-electron chi connectivity index (χ3n) is 4.48. The molecule has 2 aromatic rings. The Balaban J connectivity index is 0.00000320. The largest absolute Gasteiger partial charge is 0.434 e. The highest BCUT2D eigenvalue weighted by Crippen LogP contribution is 2.30. The van der Waals surface area contributed by atoms with E-state index in [0.717, 1.165) is 22.3 Å². The smallest absolute Gasteiger partial charge is 0.367 e. The monoisotopic (exact) mass is 558 g/mol. The number of rotatable bonds is 4. The highest BCUT2D eigenvalue weighted by atomic mass is 127. The summed E-state index contributed by atoms with van der Waals surface area (Å²) in [4.78, 5) is 9.95. The van der Waals surface area contributed by atoms with Gasteiger partial charge in [-0.2, -0.15) is 13.2 Å². The lowest BCUT2D eigenvalue weighted by molar-refractivity contribution is -0.140. The van der Waals surface area contributed by atoms with Crippen molar-refractivity contribution in [3.8, 4) is 0 Å². The van der Waals surface area contributed by atoms with Crippen LogP contribution in [0.15, 0.2) is 34.6 Å². The minimum absolute atomic E-state index is 0. The zero-order valence-corrected chi connectivity index (χ0v) is 19.6. The summed E-state index contributed by atoms with van der Waals surface area (Å²) in [5, 5.41) is 4.63. The number of morpholine rings is 1. The maximum Gasteiger partial charge on any atom is 0.434 e. The highest BCUT2D eigenvalue weighted by molar-refractivity contribution is 14.0. The van der Waals surface area contributed by atoms with Gasteiger partial charge < -0.3 is 15.0 Å². The summed E-state index contributed by atoms with van der Waals surface area (Å²) < 4.78 is 57.1. The van der Waals surface area contributed by atoms with E-state index in [1.807, 2.05) is 11.8 Å². The van der Waals surface area contributed by atoms with Gasteiger partial charge in [-0.3, -0.25) is 4.99 Å². The fourth-order valence-electron chi connectivity index (χ4n) is 3.16. The molecule has 3 rings (SSSR count). The Morgan fingerprint density at radius 2 is 2.00 bits per heavy atom. The van der Waals surface area contributed by atoms with Gasteiger partial charge >= 0.3 is 6.18 Å². The van der Waals surface area contributed by atoms with Crippen LogP contribution >= 0.6 is 35.3 Å². The van der Waals surface area contributed by atoms with E-state index in [-0.39, 0.29) is 42.0 Å². The molecule has 166 valence electrons. The number of hydrogen-bond acceptors (Lipinski definition) is 4. The molecule has 0 saturated carbocycles. The Kier molecular flexibility index (Phi) is 8.85. The lowest BCUT2D eigenvalue weighted by atomic mass is 10.1. The van der Waals surface area contributed by atoms with E-state index in [4.69, 9.17) is 4.74 Å². The van der Waals surface area contributed by atoms with Crippen molar-refractivity contribution in [3.05, 3.63) is 51.7 Å². The van der Waals surface area contributed by atoms with E-state index in [0.29, 0.717) is 37.0 Å². The predicted molar refractivity (Wildman–Crippen MR) is 119 cm³/mol. The Hall–Kier alpha value is -1.47. The summed E-state index contributed by atoms with van der Waals surface area (Å²) in [6.45, 7) is 3.51. The van der Waals surface area contributed by atoms with Crippen LogP contribution in [0.3, 0.4) is 0 Å². The number of benzene rings is 1. The Labute approximate surface area is 193 Å². The topological polar surface area (TPSA) is 49.8 Å². The standard InChI is InChI=1S/C19H22F4N4OS.HI/c1-12-9-27(10-15(28-12)13-3-5-14(20)6-4-13)18(24-2)25-8-7-17-26-16(11-29-17)19(21,22)23;/h3-6,11-12,15H,7-10H2,1-2H3,(H,24,25);1H. The fraction of sp³-hybridized carbons (Fsp3) is 0.474. The lowest BCUT2D eigenvalue weighted by Crippen LogP contribution is -2.51. The first-order valence-electron chi connectivity index (χ1n) is 9.14. The van der Waals surface area contributed by atoms with Gasteiger partial charge in [0.1, 0.15) is 11.9 Å². The molecule has 1 aliphatic heterocycles. The number of halogens is 5. The molecule has 11 heteroatoms. The van der Waals surface area contributed by atoms with E-state index < -0.39 is 11.9 Å². The number of aliphatic imine (C=N–C) groups is 1. The summed E-state index contributed by atoms with van der Waals surface area (Å²) >= 11 is 0.995. The van der Waals surface area contributed by atoms with E-state index in [1.165, 1.54) is 12.1 Å². The maximum atomic E-state index is 13.2. The number of ether oxygens (including phenoxy) is 1. The van der Waals surface area contributed by atoms with Gasteiger partial charge in [-0.05, 0) is 24.6 Å². The van der Waals surface area contributed by atoms with Crippen molar-refractivity contribution in [2.45, 2.75) is 31.7 Å². The van der Waals surface area contributed by atoms with Gasteiger partial charge in [0, 0.05) is 31.9 Å². The zero-order valence-electron chi connectivity index (χ0n) is 16.4. The van der Waals surface area contributed by atoms with E-state index in [2.05, 4.69) is 15.3 Å². The number of aromatic nitrogens is 1. The van der Waals surface area contributed by atoms with Gasteiger partial charge in [0.25, 0.3) is 0 Å². The quantitative estimate of drug-likeness (QED) is 0.260. The minimum atomic E-state index is -4.42. The van der Waals surface area contributed by atoms with Crippen molar-refractivity contribution in [2.24, 2.45) is 4.99 Å². The molecule has 1 aliphatic rings. The van der Waals surface area contributed by atoms with Gasteiger partial charge in [0.2, 0.25) is 0 Å². The zero-order chi connectivity index (χ0) is 21.0. The van der Waals surface area contributed by atoms with Gasteiger partial charge in [-0.15, -0.1) is 35.3 Å². The average molecular weight is 558 g/mol. The first kappa shape index (κ1) is 24.8. The molecule has 0 bridgehead atoms. The fourth-order valence-corrected chi connectivity index (χ4v) is 3.96. The molecule has 0 spiro atoms. The average Bonchev–Trinajstić information content (AvgIpc) is 3.15. The SMILES string of the molecule is CN=C(NCCc1nc(C(F)(F)F)cs1)N1CC(C)OC(c2ccc(F)cc2)C1.I. The normalized spacial score (nSPS) is 20.1. The van der Waals surface area contributed by atoms with Crippen LogP contribution in [0.1, 0.15) is 29.3 Å². The summed E-state index contributed by atoms with van der Waals surface area (Å²) in [6.07, 6.45) is -4.35. The highest BCUT2D eigenvalue weighted by Gasteiger charge is 2.33. The van der Waals surface area contributed by atoms with Crippen LogP contribution < -0.4 is 5.32 Å². The lowest BCUT2D eigenvalue weighted by Gasteiger charge is -2.38. The van der Waals surface area contributed by atoms with Crippen LogP contribution in [0.4, 0.5) is 17.6 Å². The molecule has 0 radical (unpaired) electrons. The third kappa shape index (κ3) is 6.51.